The van der Waals surface area contributed by atoms with E-state index in [-0.39, 0.29) is 11.7 Å². The Morgan fingerprint density at radius 3 is 2.29 bits per heavy atom. The largest absolute Gasteiger partial charge is 0.356 e. The normalized spacial score (nSPS) is 16.9. The molecule has 0 bridgehead atoms. The summed E-state index contributed by atoms with van der Waals surface area (Å²) < 4.78 is 25.4. The minimum Gasteiger partial charge on any atom is -0.356 e. The van der Waals surface area contributed by atoms with Gasteiger partial charge in [-0.15, -0.1) is 0 Å². The van der Waals surface area contributed by atoms with Crippen molar-refractivity contribution in [3.05, 3.63) is 35.4 Å². The summed E-state index contributed by atoms with van der Waals surface area (Å²) in [6.45, 7) is 5.19. The zero-order chi connectivity index (χ0) is 17.6. The Kier molecular flexibility index (Phi) is 6.80. The number of amides is 1. The minimum absolute atomic E-state index is 0.00282. The first-order valence-corrected chi connectivity index (χ1v) is 10.3. The molecule has 0 unspecified atom stereocenters. The molecule has 1 aromatic rings. The number of carbonyl (C=O) groups is 1. The Bertz CT molecular complexity index is 633. The third-order valence-electron chi connectivity index (χ3n) is 4.67. The molecule has 5 nitrogen and oxygen atoms in total. The zero-order valence-electron chi connectivity index (χ0n) is 14.6. The van der Waals surface area contributed by atoms with E-state index < -0.39 is 10.0 Å². The number of carbonyl (C=O) groups excluding carboxylic acids is 1. The van der Waals surface area contributed by atoms with Crippen molar-refractivity contribution in [1.82, 2.24) is 9.62 Å². The third kappa shape index (κ3) is 5.60. The van der Waals surface area contributed by atoms with Crippen molar-refractivity contribution in [3.8, 4) is 0 Å². The molecule has 0 spiro atoms. The van der Waals surface area contributed by atoms with Crippen molar-refractivity contribution in [1.29, 1.82) is 0 Å². The van der Waals surface area contributed by atoms with Gasteiger partial charge in [-0.1, -0.05) is 24.3 Å². The van der Waals surface area contributed by atoms with Gasteiger partial charge < -0.3 is 5.32 Å². The lowest BCUT2D eigenvalue weighted by Gasteiger charge is -2.31. The van der Waals surface area contributed by atoms with Gasteiger partial charge in [0.25, 0.3) is 0 Å². The fourth-order valence-electron chi connectivity index (χ4n) is 3.13. The highest BCUT2D eigenvalue weighted by Crippen LogP contribution is 2.23. The maximum absolute atomic E-state index is 11.9. The topological polar surface area (TPSA) is 66.5 Å². The van der Waals surface area contributed by atoms with Crippen LogP contribution in [-0.4, -0.2) is 44.0 Å². The number of hydrogen-bond donors (Lipinski definition) is 1. The molecule has 0 aromatic heterocycles. The average Bonchev–Trinajstić information content (AvgIpc) is 2.57. The summed E-state index contributed by atoms with van der Waals surface area (Å²) in [5, 5.41) is 2.80. The summed E-state index contributed by atoms with van der Waals surface area (Å²) in [4.78, 5) is 10.9. The highest BCUT2D eigenvalue weighted by atomic mass is 32.2. The van der Waals surface area contributed by atoms with Gasteiger partial charge in [0.2, 0.25) is 15.9 Å². The number of nitrogens with one attached hydrogen (secondary N) is 1. The number of hydrogen-bond acceptors (Lipinski definition) is 3. The lowest BCUT2D eigenvalue weighted by Crippen LogP contribution is -2.39. The summed E-state index contributed by atoms with van der Waals surface area (Å²) in [6.07, 6.45) is 3.71. The first-order valence-electron chi connectivity index (χ1n) is 8.71. The lowest BCUT2D eigenvalue weighted by atomic mass is 9.90. The molecule has 1 saturated heterocycles. The molecule has 0 aliphatic carbocycles. The highest BCUT2D eigenvalue weighted by Gasteiger charge is 2.26. The van der Waals surface area contributed by atoms with E-state index >= 15 is 0 Å². The molecule has 1 aromatic carbocycles. The Morgan fingerprint density at radius 2 is 1.75 bits per heavy atom. The van der Waals surface area contributed by atoms with Crippen LogP contribution >= 0.6 is 0 Å². The Balaban J connectivity index is 1.79. The molecule has 134 valence electrons. The molecule has 1 amide bonds. The lowest BCUT2D eigenvalue weighted by molar-refractivity contribution is -0.118. The maximum Gasteiger partial charge on any atom is 0.216 e. The number of rotatable bonds is 7. The monoisotopic (exact) mass is 352 g/mol. The van der Waals surface area contributed by atoms with Crippen LogP contribution in [0.5, 0.6) is 0 Å². The third-order valence-corrected chi connectivity index (χ3v) is 6.55. The van der Waals surface area contributed by atoms with Crippen molar-refractivity contribution in [2.45, 2.75) is 39.5 Å². The first kappa shape index (κ1) is 18.9. The molecule has 1 N–H and O–H groups in total. The van der Waals surface area contributed by atoms with Gasteiger partial charge >= 0.3 is 0 Å². The molecule has 0 saturated carbocycles. The van der Waals surface area contributed by atoms with E-state index in [1.165, 1.54) is 18.1 Å². The number of nitrogens with zero attached hydrogens (tertiary/aromatic N) is 1. The van der Waals surface area contributed by atoms with E-state index in [2.05, 4.69) is 29.6 Å². The highest BCUT2D eigenvalue weighted by molar-refractivity contribution is 7.89. The van der Waals surface area contributed by atoms with E-state index in [0.717, 1.165) is 25.7 Å². The maximum atomic E-state index is 11.9. The first-order chi connectivity index (χ1) is 11.4. The Hall–Kier alpha value is -1.40. The van der Waals surface area contributed by atoms with Crippen LogP contribution in [0.4, 0.5) is 0 Å². The van der Waals surface area contributed by atoms with Crippen molar-refractivity contribution in [3.63, 3.8) is 0 Å². The van der Waals surface area contributed by atoms with E-state index in [4.69, 9.17) is 0 Å². The summed E-state index contributed by atoms with van der Waals surface area (Å²) in [7, 11) is -3.03. The van der Waals surface area contributed by atoms with E-state index in [0.29, 0.717) is 25.6 Å². The van der Waals surface area contributed by atoms with E-state index in [1.807, 2.05) is 0 Å². The van der Waals surface area contributed by atoms with Gasteiger partial charge in [0, 0.05) is 26.6 Å². The second-order valence-electron chi connectivity index (χ2n) is 6.50. The second-order valence-corrected chi connectivity index (χ2v) is 8.75. The van der Waals surface area contributed by atoms with Crippen LogP contribution in [0.2, 0.25) is 0 Å². The minimum atomic E-state index is -3.03. The fourth-order valence-corrected chi connectivity index (χ4v) is 4.26. The summed E-state index contributed by atoms with van der Waals surface area (Å²) >= 11 is 0. The predicted molar refractivity (Wildman–Crippen MR) is 96.3 cm³/mol. The molecule has 2 rings (SSSR count). The number of piperidine rings is 1. The van der Waals surface area contributed by atoms with Gasteiger partial charge in [-0.25, -0.2) is 12.7 Å². The van der Waals surface area contributed by atoms with Crippen molar-refractivity contribution in [2.24, 2.45) is 5.92 Å². The predicted octanol–water partition coefficient (Wildman–Crippen LogP) is 1.97. The molecular weight excluding hydrogens is 324 g/mol. The van der Waals surface area contributed by atoms with Crippen LogP contribution in [0.25, 0.3) is 0 Å². The number of sulfonamides is 1. The van der Waals surface area contributed by atoms with Crippen LogP contribution in [0.3, 0.4) is 0 Å². The van der Waals surface area contributed by atoms with Crippen LogP contribution in [0, 0.1) is 5.92 Å². The standard InChI is InChI=1S/C18H28N2O3S/c1-3-24(22,23)20-12-9-18(10-13-20)14-17-6-4-16(5-7-17)8-11-19-15(2)21/h4-7,18H,3,8-14H2,1-2H3,(H,19,21). The Labute approximate surface area is 145 Å². The molecular formula is C18H28N2O3S. The molecule has 1 aliphatic heterocycles. The Morgan fingerprint density at radius 1 is 1.17 bits per heavy atom. The fraction of sp³-hybridized carbons (Fsp3) is 0.611. The smallest absolute Gasteiger partial charge is 0.216 e. The second kappa shape index (κ2) is 8.62. The molecule has 24 heavy (non-hydrogen) atoms. The van der Waals surface area contributed by atoms with Gasteiger partial charge in [0.15, 0.2) is 0 Å². The van der Waals surface area contributed by atoms with Gasteiger partial charge in [-0.2, -0.15) is 0 Å². The van der Waals surface area contributed by atoms with E-state index in [9.17, 15) is 13.2 Å². The van der Waals surface area contributed by atoms with Crippen LogP contribution in [0.15, 0.2) is 24.3 Å². The molecule has 0 atom stereocenters. The molecule has 1 aliphatic rings. The van der Waals surface area contributed by atoms with Crippen molar-refractivity contribution < 1.29 is 13.2 Å². The van der Waals surface area contributed by atoms with Gasteiger partial charge in [0.05, 0.1) is 5.75 Å². The van der Waals surface area contributed by atoms with Crippen LogP contribution in [-0.2, 0) is 27.7 Å². The molecule has 1 fully saturated rings. The zero-order valence-corrected chi connectivity index (χ0v) is 15.4. The van der Waals surface area contributed by atoms with Gasteiger partial charge in [0.1, 0.15) is 0 Å². The van der Waals surface area contributed by atoms with Crippen molar-refractivity contribution >= 4 is 15.9 Å². The number of benzene rings is 1. The van der Waals surface area contributed by atoms with E-state index in [1.54, 1.807) is 11.2 Å². The molecule has 1 heterocycles. The SMILES string of the molecule is CCS(=O)(=O)N1CCC(Cc2ccc(CCNC(C)=O)cc2)CC1. The summed E-state index contributed by atoms with van der Waals surface area (Å²) in [6, 6.07) is 8.54. The van der Waals surface area contributed by atoms with Gasteiger partial charge in [-0.3, -0.25) is 4.79 Å². The summed E-state index contributed by atoms with van der Waals surface area (Å²) in [5.74, 6) is 0.749. The van der Waals surface area contributed by atoms with Gasteiger partial charge in [-0.05, 0) is 49.7 Å². The summed E-state index contributed by atoms with van der Waals surface area (Å²) in [5.41, 5.74) is 2.52. The quantitative estimate of drug-likeness (QED) is 0.816. The van der Waals surface area contributed by atoms with Crippen LogP contribution in [0.1, 0.15) is 37.8 Å². The molecule has 6 heteroatoms. The molecule has 0 radical (unpaired) electrons. The van der Waals surface area contributed by atoms with Crippen molar-refractivity contribution in [2.75, 3.05) is 25.4 Å². The average molecular weight is 353 g/mol. The van der Waals surface area contributed by atoms with Crippen LogP contribution < -0.4 is 5.32 Å².